The van der Waals surface area contributed by atoms with E-state index in [0.717, 1.165) is 72.3 Å². The second-order valence-corrected chi connectivity index (χ2v) is 9.00. The van der Waals surface area contributed by atoms with Crippen molar-refractivity contribution in [3.63, 3.8) is 0 Å². The van der Waals surface area contributed by atoms with Gasteiger partial charge in [-0.1, -0.05) is 25.0 Å². The third-order valence-electron chi connectivity index (χ3n) is 4.55. The van der Waals surface area contributed by atoms with Crippen molar-refractivity contribution in [1.82, 2.24) is 10.6 Å². The lowest BCUT2D eigenvalue weighted by atomic mass is 9.80. The zero-order valence-corrected chi connectivity index (χ0v) is 26.4. The zero-order valence-electron chi connectivity index (χ0n) is 25.5. The molecule has 0 aliphatic heterocycles. The fraction of sp³-hybridized carbons (Fsp3) is 0.571. The molecule has 1 aromatic carbocycles. The summed E-state index contributed by atoms with van der Waals surface area (Å²) in [5.74, 6) is -3.45. The van der Waals surface area contributed by atoms with Crippen molar-refractivity contribution < 1.29 is 49.5 Å². The number of rotatable bonds is 9. The van der Waals surface area contributed by atoms with Gasteiger partial charge in [-0.25, -0.2) is 0 Å². The number of carboxylic acid groups (broad SMARTS) is 5. The van der Waals surface area contributed by atoms with E-state index < -0.39 is 29.8 Å². The molecule has 9 N–H and O–H groups in total. The summed E-state index contributed by atoms with van der Waals surface area (Å²) in [5.41, 5.74) is 7.76. The highest BCUT2D eigenvalue weighted by Gasteiger charge is 2.24. The van der Waals surface area contributed by atoms with Crippen molar-refractivity contribution in [3.05, 3.63) is 29.8 Å². The summed E-state index contributed by atoms with van der Waals surface area (Å²) in [6, 6.07) is 9.01. The monoisotopic (exact) mass is 632 g/mol. The van der Waals surface area contributed by atoms with Crippen LogP contribution in [0, 0.1) is 5.92 Å². The minimum Gasteiger partial charge on any atom is -0.481 e. The molecule has 1 aliphatic rings. The highest BCUT2D eigenvalue weighted by Crippen LogP contribution is 2.28. The van der Waals surface area contributed by atoms with Crippen molar-refractivity contribution in [2.45, 2.75) is 72.8 Å². The van der Waals surface area contributed by atoms with Crippen LogP contribution in [-0.2, 0) is 30.4 Å². The normalized spacial score (nSPS) is 14.1. The van der Waals surface area contributed by atoms with Crippen LogP contribution in [0.4, 0.5) is 5.69 Å². The Hall–Kier alpha value is -3.75. The van der Waals surface area contributed by atoms with Crippen LogP contribution in [0.3, 0.4) is 0 Å². The van der Waals surface area contributed by atoms with Gasteiger partial charge in [-0.15, -0.1) is 0 Å². The molecule has 246 valence electrons. The van der Waals surface area contributed by atoms with E-state index >= 15 is 0 Å². The number of nitrogens with zero attached hydrogens (tertiary/aromatic N) is 1. The molecule has 1 saturated carbocycles. The van der Waals surface area contributed by atoms with Gasteiger partial charge < -0.3 is 41.9 Å². The Balaban J connectivity index is -0.000000309. The van der Waals surface area contributed by atoms with E-state index in [-0.39, 0.29) is 0 Å². The van der Waals surface area contributed by atoms with Crippen LogP contribution < -0.4 is 16.4 Å². The molecule has 0 spiro atoms. The second-order valence-electron chi connectivity index (χ2n) is 8.81. The fourth-order valence-corrected chi connectivity index (χ4v) is 3.46. The number of aliphatic imine (C=N–C) groups is 1. The molecular formula is C28H48N4O10S. The van der Waals surface area contributed by atoms with Gasteiger partial charge in [0.1, 0.15) is 0 Å². The van der Waals surface area contributed by atoms with E-state index in [1.807, 2.05) is 12.1 Å². The molecule has 0 saturated heterocycles. The fourth-order valence-electron chi connectivity index (χ4n) is 3.36. The average molecular weight is 633 g/mol. The van der Waals surface area contributed by atoms with E-state index in [4.69, 9.17) is 55.2 Å². The molecule has 2 rings (SSSR count). The van der Waals surface area contributed by atoms with Crippen molar-refractivity contribution in [2.24, 2.45) is 16.6 Å². The molecule has 0 radical (unpaired) electrons. The molecular weight excluding hydrogens is 584 g/mol. The Bertz CT molecular complexity index is 866. The molecule has 1 aliphatic carbocycles. The summed E-state index contributed by atoms with van der Waals surface area (Å²) in [6.45, 7) is 9.02. The Morgan fingerprint density at radius 3 is 1.60 bits per heavy atom. The predicted octanol–water partition coefficient (Wildman–Crippen LogP) is 3.11. The van der Waals surface area contributed by atoms with Crippen molar-refractivity contribution in [3.8, 4) is 0 Å². The first kappa shape index (κ1) is 46.2. The van der Waals surface area contributed by atoms with Gasteiger partial charge in [0, 0.05) is 66.8 Å². The SMILES string of the molecule is CC(=O)O.CC(=O)O.CC(=O)O.CC(=O)O.CC(=O)O.NCCNCCNC1CCCCC1Cc1ccc(N=C=S)cc1. The number of hydrogen-bond donors (Lipinski definition) is 8. The molecule has 0 heterocycles. The number of carboxylic acids is 5. The summed E-state index contributed by atoms with van der Waals surface area (Å²) in [6.07, 6.45) is 6.42. The van der Waals surface area contributed by atoms with Gasteiger partial charge in [0.15, 0.2) is 0 Å². The van der Waals surface area contributed by atoms with Crippen molar-refractivity contribution in [1.29, 1.82) is 0 Å². The molecule has 0 amide bonds. The standard InChI is InChI=1S/C18H28N4S.5C2H4O2/c19-9-10-20-11-12-21-18-4-2-1-3-16(18)13-15-5-7-17(8-6-15)22-14-23;5*1-2(3)4/h5-8,16,18,20-21H,1-4,9-13,19H2;5*1H3,(H,3,4). The summed E-state index contributed by atoms with van der Waals surface area (Å²) in [5, 5.41) is 46.6. The number of nitrogens with two attached hydrogens (primary N) is 1. The molecule has 15 heteroatoms. The number of thiocarbonyl (C=S) groups is 1. The summed E-state index contributed by atoms with van der Waals surface area (Å²) >= 11 is 4.64. The highest BCUT2D eigenvalue weighted by atomic mass is 32.1. The number of isothiocyanates is 1. The number of hydrogen-bond acceptors (Lipinski definition) is 10. The smallest absolute Gasteiger partial charge is 0.300 e. The van der Waals surface area contributed by atoms with E-state index in [2.05, 4.69) is 45.1 Å². The molecule has 2 unspecified atom stereocenters. The Kier molecular flexibility index (Phi) is 35.2. The third-order valence-corrected chi connectivity index (χ3v) is 4.64. The van der Waals surface area contributed by atoms with Crippen LogP contribution in [0.5, 0.6) is 0 Å². The van der Waals surface area contributed by atoms with Gasteiger partial charge >= 0.3 is 0 Å². The Morgan fingerprint density at radius 1 is 0.791 bits per heavy atom. The third kappa shape index (κ3) is 51.5. The van der Waals surface area contributed by atoms with Gasteiger partial charge in [0.05, 0.1) is 10.8 Å². The minimum absolute atomic E-state index is 0.627. The van der Waals surface area contributed by atoms with E-state index in [1.165, 1.54) is 31.2 Å². The first-order chi connectivity index (χ1) is 20.0. The number of nitrogens with one attached hydrogen (secondary N) is 2. The van der Waals surface area contributed by atoms with Crippen LogP contribution in [0.1, 0.15) is 65.9 Å². The minimum atomic E-state index is -0.833. The molecule has 1 aromatic rings. The van der Waals surface area contributed by atoms with Gasteiger partial charge in [-0.2, -0.15) is 4.99 Å². The molecule has 0 bridgehead atoms. The molecule has 1 fully saturated rings. The molecule has 2 atom stereocenters. The largest absolute Gasteiger partial charge is 0.481 e. The van der Waals surface area contributed by atoms with Crippen molar-refractivity contribution in [2.75, 3.05) is 26.2 Å². The van der Waals surface area contributed by atoms with Crippen LogP contribution in [0.2, 0.25) is 0 Å². The summed E-state index contributed by atoms with van der Waals surface area (Å²) in [4.78, 5) is 49.0. The predicted molar refractivity (Wildman–Crippen MR) is 167 cm³/mol. The Labute approximate surface area is 258 Å². The maximum Gasteiger partial charge on any atom is 0.300 e. The van der Waals surface area contributed by atoms with Gasteiger partial charge in [0.2, 0.25) is 0 Å². The summed E-state index contributed by atoms with van der Waals surface area (Å²) < 4.78 is 0. The lowest BCUT2D eigenvalue weighted by molar-refractivity contribution is -0.135. The van der Waals surface area contributed by atoms with E-state index in [9.17, 15) is 0 Å². The molecule has 0 aromatic heterocycles. The van der Waals surface area contributed by atoms with Crippen LogP contribution >= 0.6 is 12.2 Å². The van der Waals surface area contributed by atoms with Gasteiger partial charge in [-0.3, -0.25) is 24.0 Å². The topological polar surface area (TPSA) is 249 Å². The van der Waals surface area contributed by atoms with Crippen LogP contribution in [-0.4, -0.2) is 92.8 Å². The first-order valence-electron chi connectivity index (χ1n) is 13.3. The quantitative estimate of drug-likeness (QED) is 0.111. The first-order valence-corrected chi connectivity index (χ1v) is 13.7. The van der Waals surface area contributed by atoms with Crippen LogP contribution in [0.25, 0.3) is 0 Å². The van der Waals surface area contributed by atoms with E-state index in [1.54, 1.807) is 0 Å². The van der Waals surface area contributed by atoms with Crippen LogP contribution in [0.15, 0.2) is 29.3 Å². The number of carbonyl (C=O) groups is 5. The summed E-state index contributed by atoms with van der Waals surface area (Å²) in [7, 11) is 0. The molecule has 43 heavy (non-hydrogen) atoms. The lowest BCUT2D eigenvalue weighted by Gasteiger charge is -2.32. The molecule has 14 nitrogen and oxygen atoms in total. The van der Waals surface area contributed by atoms with Gasteiger partial charge in [0.25, 0.3) is 29.8 Å². The zero-order chi connectivity index (χ0) is 34.2. The van der Waals surface area contributed by atoms with Gasteiger partial charge in [-0.05, 0) is 55.1 Å². The highest BCUT2D eigenvalue weighted by molar-refractivity contribution is 7.78. The Morgan fingerprint density at radius 2 is 1.21 bits per heavy atom. The maximum absolute atomic E-state index is 9.00. The second kappa shape index (κ2) is 32.8. The number of aliphatic carboxylic acids is 5. The lowest BCUT2D eigenvalue weighted by Crippen LogP contribution is -2.42. The maximum atomic E-state index is 9.00. The average Bonchev–Trinajstić information content (AvgIpc) is 2.85. The number of benzene rings is 1. The van der Waals surface area contributed by atoms with E-state index in [0.29, 0.717) is 12.6 Å². The van der Waals surface area contributed by atoms with Crippen molar-refractivity contribution >= 4 is 52.9 Å².